The molecule has 0 saturated carbocycles. The van der Waals surface area contributed by atoms with Gasteiger partial charge in [0.05, 0.1) is 18.8 Å². The second-order valence-corrected chi connectivity index (χ2v) is 5.10. The van der Waals surface area contributed by atoms with Gasteiger partial charge in [-0.1, -0.05) is 0 Å². The number of morpholine rings is 1. The highest BCUT2D eigenvalue weighted by atomic mass is 79.9. The van der Waals surface area contributed by atoms with Crippen molar-refractivity contribution in [1.29, 1.82) is 0 Å². The molecule has 1 N–H and O–H groups in total. The molecule has 5 heteroatoms. The summed E-state index contributed by atoms with van der Waals surface area (Å²) >= 11 is 4.90. The van der Waals surface area contributed by atoms with E-state index in [1.165, 1.54) is 11.3 Å². The van der Waals surface area contributed by atoms with Gasteiger partial charge >= 0.3 is 0 Å². The van der Waals surface area contributed by atoms with Crippen LogP contribution in [-0.2, 0) is 4.74 Å². The maximum Gasteiger partial charge on any atom is 0.184 e. The molecule has 1 aromatic rings. The van der Waals surface area contributed by atoms with Gasteiger partial charge in [0, 0.05) is 27.3 Å². The van der Waals surface area contributed by atoms with Gasteiger partial charge in [-0.25, -0.2) is 0 Å². The summed E-state index contributed by atoms with van der Waals surface area (Å²) in [6.07, 6.45) is -0.0574. The smallest absolute Gasteiger partial charge is 0.184 e. The minimum atomic E-state index is -0.218. The largest absolute Gasteiger partial charge is 0.375 e. The Hall–Kier alpha value is -0.230. The summed E-state index contributed by atoms with van der Waals surface area (Å²) in [4.78, 5) is 12.1. The van der Waals surface area contributed by atoms with Gasteiger partial charge in [-0.05, 0) is 22.9 Å². The number of Topliss-reactive ketones (excluding diaryl/α,β-unsaturated/α-hetero) is 1. The second kappa shape index (κ2) is 4.74. The molecule has 0 amide bonds. The van der Waals surface area contributed by atoms with Crippen LogP contribution >= 0.6 is 27.3 Å². The van der Waals surface area contributed by atoms with E-state index in [0.717, 1.165) is 16.6 Å². The molecule has 0 radical (unpaired) electrons. The molecule has 3 nitrogen and oxygen atoms in total. The molecule has 2 atom stereocenters. The number of halogens is 1. The van der Waals surface area contributed by atoms with E-state index >= 15 is 0 Å². The summed E-state index contributed by atoms with van der Waals surface area (Å²) in [7, 11) is 0. The minimum absolute atomic E-state index is 0.0574. The Morgan fingerprint density at radius 2 is 2.47 bits per heavy atom. The Balaban J connectivity index is 2.17. The second-order valence-electron chi connectivity index (χ2n) is 3.51. The fraction of sp³-hybridized carbons (Fsp3) is 0.500. The fourth-order valence-corrected chi connectivity index (χ4v) is 3.13. The third-order valence-corrected chi connectivity index (χ3v) is 4.18. The molecule has 0 aliphatic carbocycles. The maximum atomic E-state index is 12.1. The monoisotopic (exact) mass is 289 g/mol. The normalized spacial score (nSPS) is 26.5. The van der Waals surface area contributed by atoms with Crippen molar-refractivity contribution < 1.29 is 9.53 Å². The lowest BCUT2D eigenvalue weighted by atomic mass is 10.0. The van der Waals surface area contributed by atoms with Crippen LogP contribution in [0, 0.1) is 0 Å². The van der Waals surface area contributed by atoms with E-state index in [-0.39, 0.29) is 17.9 Å². The lowest BCUT2D eigenvalue weighted by Crippen LogP contribution is -2.51. The Labute approximate surface area is 101 Å². The highest BCUT2D eigenvalue weighted by molar-refractivity contribution is 9.10. The summed E-state index contributed by atoms with van der Waals surface area (Å²) in [5.41, 5.74) is 0.745. The number of carbonyl (C=O) groups excluding carboxylic acids is 1. The van der Waals surface area contributed by atoms with E-state index in [2.05, 4.69) is 21.2 Å². The molecule has 2 rings (SSSR count). The topological polar surface area (TPSA) is 38.3 Å². The predicted molar refractivity (Wildman–Crippen MR) is 63.6 cm³/mol. The lowest BCUT2D eigenvalue weighted by molar-refractivity contribution is 0.0111. The number of hydrogen-bond acceptors (Lipinski definition) is 4. The molecule has 2 heterocycles. The van der Waals surface area contributed by atoms with Gasteiger partial charge in [-0.3, -0.25) is 4.79 Å². The molecule has 15 heavy (non-hydrogen) atoms. The molecular formula is C10H12BrNO2S. The van der Waals surface area contributed by atoms with Crippen LogP contribution in [0.3, 0.4) is 0 Å². The summed E-state index contributed by atoms with van der Waals surface area (Å²) < 4.78 is 6.33. The number of hydrogen-bond donors (Lipinski definition) is 1. The standard InChI is InChI=1S/C10H12BrNO2S/c1-6-9(12-2-3-14-6)10(13)7-4-15-5-8(7)11/h4-6,9,12H,2-3H2,1H3. The first-order chi connectivity index (χ1) is 7.20. The first-order valence-electron chi connectivity index (χ1n) is 4.81. The van der Waals surface area contributed by atoms with Crippen LogP contribution in [0.5, 0.6) is 0 Å². The Morgan fingerprint density at radius 1 is 1.67 bits per heavy atom. The van der Waals surface area contributed by atoms with Crippen molar-refractivity contribution in [3.63, 3.8) is 0 Å². The molecular weight excluding hydrogens is 278 g/mol. The molecule has 1 fully saturated rings. The van der Waals surface area contributed by atoms with Crippen molar-refractivity contribution in [2.24, 2.45) is 0 Å². The molecule has 1 aliphatic heterocycles. The van der Waals surface area contributed by atoms with Crippen LogP contribution in [-0.4, -0.2) is 31.1 Å². The van der Waals surface area contributed by atoms with Gasteiger partial charge in [-0.15, -0.1) is 0 Å². The Bertz CT molecular complexity index is 366. The summed E-state index contributed by atoms with van der Waals surface area (Å²) in [6, 6.07) is -0.218. The number of nitrogens with one attached hydrogen (secondary N) is 1. The van der Waals surface area contributed by atoms with Crippen molar-refractivity contribution in [3.8, 4) is 0 Å². The first kappa shape index (κ1) is 11.3. The van der Waals surface area contributed by atoms with Gasteiger partial charge in [0.1, 0.15) is 0 Å². The molecule has 1 aromatic heterocycles. The van der Waals surface area contributed by atoms with Gasteiger partial charge in [-0.2, -0.15) is 11.3 Å². The fourth-order valence-electron chi connectivity index (χ4n) is 1.65. The van der Waals surface area contributed by atoms with Crippen LogP contribution in [0.25, 0.3) is 0 Å². The van der Waals surface area contributed by atoms with E-state index in [0.29, 0.717) is 6.61 Å². The molecule has 1 aliphatic rings. The lowest BCUT2D eigenvalue weighted by Gasteiger charge is -2.29. The average molecular weight is 290 g/mol. The van der Waals surface area contributed by atoms with E-state index in [4.69, 9.17) is 4.74 Å². The highest BCUT2D eigenvalue weighted by Gasteiger charge is 2.30. The molecule has 82 valence electrons. The van der Waals surface area contributed by atoms with Gasteiger partial charge in [0.2, 0.25) is 0 Å². The average Bonchev–Trinajstić information content (AvgIpc) is 2.64. The Morgan fingerprint density at radius 3 is 3.07 bits per heavy atom. The van der Waals surface area contributed by atoms with E-state index in [1.807, 2.05) is 17.7 Å². The van der Waals surface area contributed by atoms with E-state index in [1.54, 1.807) is 0 Å². The van der Waals surface area contributed by atoms with E-state index in [9.17, 15) is 4.79 Å². The van der Waals surface area contributed by atoms with Crippen molar-refractivity contribution >= 4 is 33.0 Å². The zero-order chi connectivity index (χ0) is 10.8. The van der Waals surface area contributed by atoms with Gasteiger partial charge in [0.25, 0.3) is 0 Å². The number of ether oxygens (including phenoxy) is 1. The number of ketones is 1. The van der Waals surface area contributed by atoms with Crippen LogP contribution in [0.2, 0.25) is 0 Å². The third-order valence-electron chi connectivity index (χ3n) is 2.48. The van der Waals surface area contributed by atoms with Crippen LogP contribution < -0.4 is 5.32 Å². The van der Waals surface area contributed by atoms with Crippen molar-refractivity contribution in [2.75, 3.05) is 13.2 Å². The van der Waals surface area contributed by atoms with Crippen LogP contribution in [0.1, 0.15) is 17.3 Å². The molecule has 0 spiro atoms. The number of rotatable bonds is 2. The molecule has 2 unspecified atom stereocenters. The zero-order valence-corrected chi connectivity index (χ0v) is 10.7. The van der Waals surface area contributed by atoms with E-state index < -0.39 is 0 Å². The van der Waals surface area contributed by atoms with Crippen LogP contribution in [0.15, 0.2) is 15.2 Å². The summed E-state index contributed by atoms with van der Waals surface area (Å²) in [6.45, 7) is 3.34. The maximum absolute atomic E-state index is 12.1. The third kappa shape index (κ3) is 2.30. The van der Waals surface area contributed by atoms with Crippen molar-refractivity contribution in [1.82, 2.24) is 5.32 Å². The summed E-state index contributed by atoms with van der Waals surface area (Å²) in [5, 5.41) is 6.98. The zero-order valence-electron chi connectivity index (χ0n) is 8.33. The predicted octanol–water partition coefficient (Wildman–Crippen LogP) is 2.07. The van der Waals surface area contributed by atoms with Crippen molar-refractivity contribution in [3.05, 3.63) is 20.8 Å². The number of carbonyl (C=O) groups is 1. The Kier molecular flexibility index (Phi) is 3.56. The van der Waals surface area contributed by atoms with Gasteiger partial charge < -0.3 is 10.1 Å². The minimum Gasteiger partial charge on any atom is -0.375 e. The highest BCUT2D eigenvalue weighted by Crippen LogP contribution is 2.24. The van der Waals surface area contributed by atoms with Crippen LogP contribution in [0.4, 0.5) is 0 Å². The molecule has 1 saturated heterocycles. The quantitative estimate of drug-likeness (QED) is 0.847. The number of thiophene rings is 1. The first-order valence-corrected chi connectivity index (χ1v) is 6.54. The van der Waals surface area contributed by atoms with Gasteiger partial charge in [0.15, 0.2) is 5.78 Å². The SMILES string of the molecule is CC1OCCNC1C(=O)c1cscc1Br. The molecule has 0 bridgehead atoms. The summed E-state index contributed by atoms with van der Waals surface area (Å²) in [5.74, 6) is 0.107. The molecule has 0 aromatic carbocycles. The van der Waals surface area contributed by atoms with Crippen molar-refractivity contribution in [2.45, 2.75) is 19.1 Å².